The fraction of sp³-hybridized carbons (Fsp3) is 0.870. The van der Waals surface area contributed by atoms with Crippen molar-refractivity contribution in [3.05, 3.63) is 0 Å². The Balaban J connectivity index is 5.19. The minimum Gasteiger partial charge on any atom is -0.373 e. The molecule has 0 N–H and O–H groups in total. The molecule has 176 valence electrons. The molecule has 0 unspecified atom stereocenters. The maximum absolute atomic E-state index is 5.89. The van der Waals surface area contributed by atoms with Crippen LogP contribution in [0.1, 0.15) is 126 Å². The van der Waals surface area contributed by atoms with E-state index in [0.29, 0.717) is 6.04 Å². The molecular formula is C23H47N3O3Si. The Morgan fingerprint density at radius 1 is 0.533 bits per heavy atom. The van der Waals surface area contributed by atoms with Crippen molar-refractivity contribution in [3.63, 3.8) is 0 Å². The molecule has 6 nitrogen and oxygen atoms in total. The standard InChI is InChI=1S/C23H47N3O3Si/c1-8-12-15-18-21(5)24-27-30(11-4,28-25-22(6)19-16-13-9-2)29-26-23(7)20-17-14-10-3/h8-20H2,1-7H3. The number of hydrogen-bond acceptors (Lipinski definition) is 6. The Kier molecular flexibility index (Phi) is 17.6. The first-order chi connectivity index (χ1) is 14.4. The van der Waals surface area contributed by atoms with Crippen LogP contribution in [-0.2, 0) is 13.6 Å². The quantitative estimate of drug-likeness (QED) is 0.0886. The summed E-state index contributed by atoms with van der Waals surface area (Å²) in [4.78, 5) is 0. The first-order valence-electron chi connectivity index (χ1n) is 12.1. The van der Waals surface area contributed by atoms with Crippen molar-refractivity contribution >= 4 is 25.9 Å². The number of nitrogens with zero attached hydrogens (tertiary/aromatic N) is 3. The normalized spacial score (nSPS) is 15.1. The maximum Gasteiger partial charge on any atom is 0.762 e. The lowest BCUT2D eigenvalue weighted by atomic mass is 10.1. The Hall–Kier alpha value is -1.37. The minimum absolute atomic E-state index is 0.552. The van der Waals surface area contributed by atoms with Gasteiger partial charge in [-0.05, 0) is 59.3 Å². The average Bonchev–Trinajstić information content (AvgIpc) is 2.74. The van der Waals surface area contributed by atoms with Gasteiger partial charge in [0.25, 0.3) is 0 Å². The van der Waals surface area contributed by atoms with E-state index in [1.807, 2.05) is 27.7 Å². The van der Waals surface area contributed by atoms with Crippen LogP contribution in [0.3, 0.4) is 0 Å². The number of oxime groups is 3. The van der Waals surface area contributed by atoms with Gasteiger partial charge in [0, 0.05) is 0 Å². The van der Waals surface area contributed by atoms with E-state index >= 15 is 0 Å². The van der Waals surface area contributed by atoms with Crippen LogP contribution in [0.5, 0.6) is 0 Å². The zero-order valence-corrected chi connectivity index (χ0v) is 21.8. The van der Waals surface area contributed by atoms with Crippen LogP contribution in [0.25, 0.3) is 0 Å². The first kappa shape index (κ1) is 28.6. The molecule has 0 saturated carbocycles. The van der Waals surface area contributed by atoms with Crippen LogP contribution in [0.4, 0.5) is 0 Å². The van der Waals surface area contributed by atoms with Gasteiger partial charge in [-0.25, -0.2) is 0 Å². The lowest BCUT2D eigenvalue weighted by Gasteiger charge is -2.21. The number of hydrogen-bond donors (Lipinski definition) is 0. The van der Waals surface area contributed by atoms with E-state index in [1.54, 1.807) is 0 Å². The van der Waals surface area contributed by atoms with Crippen LogP contribution < -0.4 is 0 Å². The van der Waals surface area contributed by atoms with Crippen molar-refractivity contribution in [1.29, 1.82) is 0 Å². The van der Waals surface area contributed by atoms with Crippen LogP contribution in [-0.4, -0.2) is 25.9 Å². The van der Waals surface area contributed by atoms with Crippen molar-refractivity contribution in [2.24, 2.45) is 15.5 Å². The highest BCUT2D eigenvalue weighted by atomic mass is 28.4. The summed E-state index contributed by atoms with van der Waals surface area (Å²) < 4.78 is 17.7. The summed E-state index contributed by atoms with van der Waals surface area (Å²) in [5.74, 6) is 0. The topological polar surface area (TPSA) is 64.8 Å². The molecule has 0 fully saturated rings. The highest BCUT2D eigenvalue weighted by Gasteiger charge is 2.50. The van der Waals surface area contributed by atoms with Crippen LogP contribution in [0.2, 0.25) is 6.04 Å². The highest BCUT2D eigenvalue weighted by Crippen LogP contribution is 2.19. The van der Waals surface area contributed by atoms with Crippen LogP contribution in [0, 0.1) is 0 Å². The average molecular weight is 442 g/mol. The predicted molar refractivity (Wildman–Crippen MR) is 131 cm³/mol. The van der Waals surface area contributed by atoms with Crippen molar-refractivity contribution in [1.82, 2.24) is 0 Å². The monoisotopic (exact) mass is 441 g/mol. The number of unbranched alkanes of at least 4 members (excludes halogenated alkanes) is 6. The molecule has 0 atom stereocenters. The largest absolute Gasteiger partial charge is 0.762 e. The van der Waals surface area contributed by atoms with E-state index in [2.05, 4.69) is 36.2 Å². The van der Waals surface area contributed by atoms with E-state index in [-0.39, 0.29) is 0 Å². The molecule has 0 radical (unpaired) electrons. The Bertz CT molecular complexity index is 452. The molecule has 0 aliphatic heterocycles. The first-order valence-corrected chi connectivity index (χ1v) is 14.0. The molecule has 0 saturated heterocycles. The van der Waals surface area contributed by atoms with E-state index in [1.165, 1.54) is 38.5 Å². The van der Waals surface area contributed by atoms with Crippen molar-refractivity contribution in [2.75, 3.05) is 0 Å². The third-order valence-corrected chi connectivity index (χ3v) is 6.86. The van der Waals surface area contributed by atoms with E-state index in [4.69, 9.17) is 13.6 Å². The smallest absolute Gasteiger partial charge is 0.373 e. The molecule has 0 aromatic rings. The third-order valence-electron chi connectivity index (χ3n) is 4.88. The van der Waals surface area contributed by atoms with Crippen molar-refractivity contribution in [3.8, 4) is 0 Å². The molecule has 0 aromatic carbocycles. The molecule has 30 heavy (non-hydrogen) atoms. The highest BCUT2D eigenvalue weighted by molar-refractivity contribution is 6.60. The Morgan fingerprint density at radius 3 is 1.07 bits per heavy atom. The molecule has 0 aliphatic rings. The van der Waals surface area contributed by atoms with E-state index < -0.39 is 8.80 Å². The second kappa shape index (κ2) is 18.4. The fourth-order valence-corrected chi connectivity index (χ4v) is 4.09. The lowest BCUT2D eigenvalue weighted by Crippen LogP contribution is -2.41. The van der Waals surface area contributed by atoms with Gasteiger partial charge in [-0.2, -0.15) is 0 Å². The Morgan fingerprint density at radius 2 is 0.833 bits per heavy atom. The van der Waals surface area contributed by atoms with Gasteiger partial charge in [-0.1, -0.05) is 66.2 Å². The zero-order valence-electron chi connectivity index (χ0n) is 20.8. The van der Waals surface area contributed by atoms with Crippen LogP contribution >= 0.6 is 0 Å². The van der Waals surface area contributed by atoms with E-state index in [9.17, 15) is 0 Å². The van der Waals surface area contributed by atoms with Gasteiger partial charge < -0.3 is 13.6 Å². The summed E-state index contributed by atoms with van der Waals surface area (Å²) in [5, 5.41) is 13.0. The predicted octanol–water partition coefficient (Wildman–Crippen LogP) is 7.86. The SMILES string of the molecule is CCCCCC(C)=NO[Si](CC)(ON=C(C)CCCCC)ON=C(C)CCCCC. The Labute approximate surface area is 186 Å². The van der Waals surface area contributed by atoms with Gasteiger partial charge in [-0.3, -0.25) is 0 Å². The molecule has 0 spiro atoms. The van der Waals surface area contributed by atoms with Crippen molar-refractivity contribution in [2.45, 2.75) is 132 Å². The van der Waals surface area contributed by atoms with Crippen LogP contribution in [0.15, 0.2) is 15.5 Å². The summed E-state index contributed by atoms with van der Waals surface area (Å²) >= 11 is 0. The van der Waals surface area contributed by atoms with E-state index in [0.717, 1.165) is 55.7 Å². The third kappa shape index (κ3) is 14.6. The minimum atomic E-state index is -3.16. The fourth-order valence-electron chi connectivity index (χ4n) is 2.72. The summed E-state index contributed by atoms with van der Waals surface area (Å²) in [6, 6.07) is 0.552. The molecule has 0 amide bonds. The van der Waals surface area contributed by atoms with Gasteiger partial charge in [0.1, 0.15) is 0 Å². The second-order valence-corrected chi connectivity index (χ2v) is 10.8. The lowest BCUT2D eigenvalue weighted by molar-refractivity contribution is 0.0665. The molecule has 0 aliphatic carbocycles. The van der Waals surface area contributed by atoms with Crippen molar-refractivity contribution < 1.29 is 13.6 Å². The molecular weight excluding hydrogens is 394 g/mol. The second-order valence-electron chi connectivity index (χ2n) is 8.16. The summed E-state index contributed by atoms with van der Waals surface area (Å²) in [7, 11) is -3.16. The number of rotatable bonds is 19. The maximum atomic E-state index is 5.89. The summed E-state index contributed by atoms with van der Waals surface area (Å²) in [6.07, 6.45) is 13.2. The summed E-state index contributed by atoms with van der Waals surface area (Å²) in [6.45, 7) is 14.5. The molecule has 7 heteroatoms. The summed E-state index contributed by atoms with van der Waals surface area (Å²) in [5.41, 5.74) is 2.86. The van der Waals surface area contributed by atoms with Gasteiger partial charge in [0.2, 0.25) is 0 Å². The van der Waals surface area contributed by atoms with Gasteiger partial charge in [0.05, 0.1) is 23.2 Å². The molecule has 0 bridgehead atoms. The van der Waals surface area contributed by atoms with Gasteiger partial charge >= 0.3 is 8.80 Å². The molecule has 0 rings (SSSR count). The molecule has 0 aromatic heterocycles. The van der Waals surface area contributed by atoms with Gasteiger partial charge in [0.15, 0.2) is 0 Å². The zero-order chi connectivity index (χ0) is 22.7. The van der Waals surface area contributed by atoms with Gasteiger partial charge in [-0.15, -0.1) is 15.5 Å². The molecule has 0 heterocycles.